The van der Waals surface area contributed by atoms with E-state index >= 15 is 0 Å². The lowest BCUT2D eigenvalue weighted by Crippen LogP contribution is -2.41. The summed E-state index contributed by atoms with van der Waals surface area (Å²) < 4.78 is 0. The van der Waals surface area contributed by atoms with Crippen molar-refractivity contribution in [2.45, 2.75) is 19.3 Å². The van der Waals surface area contributed by atoms with Crippen molar-refractivity contribution in [3.63, 3.8) is 0 Å². The van der Waals surface area contributed by atoms with Crippen LogP contribution in [0.1, 0.15) is 30.4 Å². The number of fused-ring (bicyclic) bond motifs is 1. The van der Waals surface area contributed by atoms with E-state index in [1.807, 2.05) is 36.4 Å². The first kappa shape index (κ1) is 20.4. The van der Waals surface area contributed by atoms with Crippen molar-refractivity contribution in [3.8, 4) is 0 Å². The number of amidine groups is 2. The lowest BCUT2D eigenvalue weighted by Gasteiger charge is -2.23. The van der Waals surface area contributed by atoms with E-state index in [0.717, 1.165) is 77.8 Å². The maximum atomic E-state index is 4.70. The van der Waals surface area contributed by atoms with Crippen LogP contribution in [0.15, 0.2) is 93.4 Å². The van der Waals surface area contributed by atoms with Gasteiger partial charge in [-0.25, -0.2) is 4.99 Å². The Morgan fingerprint density at radius 1 is 1.19 bits per heavy atom. The minimum absolute atomic E-state index is 0.660. The molecule has 6 heteroatoms. The van der Waals surface area contributed by atoms with Crippen LogP contribution in [0.5, 0.6) is 0 Å². The van der Waals surface area contributed by atoms with E-state index in [-0.39, 0.29) is 0 Å². The second-order valence-corrected chi connectivity index (χ2v) is 7.43. The van der Waals surface area contributed by atoms with Crippen molar-refractivity contribution >= 4 is 23.1 Å². The minimum Gasteiger partial charge on any atom is -0.389 e. The first-order chi connectivity index (χ1) is 15.2. The number of hydrogen-bond acceptors (Lipinski definition) is 5. The molecule has 156 valence electrons. The van der Waals surface area contributed by atoms with Crippen LogP contribution in [-0.2, 0) is 0 Å². The second-order valence-electron chi connectivity index (χ2n) is 7.43. The molecular weight excluding hydrogens is 384 g/mol. The molecule has 2 aliphatic heterocycles. The van der Waals surface area contributed by atoms with Crippen molar-refractivity contribution in [2.75, 3.05) is 19.6 Å². The normalized spacial score (nSPS) is 17.5. The molecule has 0 aromatic heterocycles. The molecule has 0 saturated heterocycles. The predicted molar refractivity (Wildman–Crippen MR) is 128 cm³/mol. The smallest absolute Gasteiger partial charge is 0.155 e. The van der Waals surface area contributed by atoms with Crippen LogP contribution >= 0.6 is 0 Å². The largest absolute Gasteiger partial charge is 0.389 e. The van der Waals surface area contributed by atoms with Gasteiger partial charge in [0.25, 0.3) is 0 Å². The van der Waals surface area contributed by atoms with E-state index in [9.17, 15) is 0 Å². The molecule has 0 fully saturated rings. The van der Waals surface area contributed by atoms with Crippen LogP contribution in [0.4, 0.5) is 0 Å². The van der Waals surface area contributed by atoms with Crippen molar-refractivity contribution in [1.29, 1.82) is 0 Å². The lowest BCUT2D eigenvalue weighted by molar-refractivity contribution is 0.705. The van der Waals surface area contributed by atoms with Gasteiger partial charge in [-0.15, -0.1) is 0 Å². The number of rotatable bonds is 9. The summed E-state index contributed by atoms with van der Waals surface area (Å²) in [6, 6.07) is 8.13. The van der Waals surface area contributed by atoms with Gasteiger partial charge in [-0.1, -0.05) is 48.9 Å². The molecule has 1 aromatic carbocycles. The number of aliphatic imine (C=N–C) groups is 3. The molecule has 0 unspecified atom stereocenters. The zero-order chi connectivity index (χ0) is 21.5. The van der Waals surface area contributed by atoms with Crippen molar-refractivity contribution in [2.24, 2.45) is 15.0 Å². The Morgan fingerprint density at radius 2 is 2.06 bits per heavy atom. The number of benzene rings is 1. The van der Waals surface area contributed by atoms with Gasteiger partial charge < -0.3 is 5.32 Å². The first-order valence-electron chi connectivity index (χ1n) is 10.5. The molecule has 1 aliphatic carbocycles. The van der Waals surface area contributed by atoms with E-state index in [0.29, 0.717) is 6.54 Å². The summed E-state index contributed by atoms with van der Waals surface area (Å²) in [5.74, 6) is 1.64. The van der Waals surface area contributed by atoms with Crippen LogP contribution in [0, 0.1) is 0 Å². The van der Waals surface area contributed by atoms with Crippen LogP contribution < -0.4 is 16.2 Å². The van der Waals surface area contributed by atoms with Crippen LogP contribution in [0.3, 0.4) is 0 Å². The number of nitrogens with zero attached hydrogens (tertiary/aromatic N) is 3. The fraction of sp³-hybridized carbons (Fsp3) is 0.240. The zero-order valence-corrected chi connectivity index (χ0v) is 17.5. The van der Waals surface area contributed by atoms with Crippen molar-refractivity contribution in [3.05, 3.63) is 89.5 Å². The lowest BCUT2D eigenvalue weighted by atomic mass is 10.0. The van der Waals surface area contributed by atoms with Gasteiger partial charge in [-0.2, -0.15) is 0 Å². The van der Waals surface area contributed by atoms with E-state index in [2.05, 4.69) is 56.8 Å². The Balaban J connectivity index is 1.17. The number of hydrazine groups is 1. The van der Waals surface area contributed by atoms with Crippen LogP contribution in [0.2, 0.25) is 0 Å². The molecule has 3 N–H and O–H groups in total. The summed E-state index contributed by atoms with van der Waals surface area (Å²) in [6.07, 6.45) is 8.29. The van der Waals surface area contributed by atoms with Gasteiger partial charge in [0.05, 0.1) is 12.2 Å². The summed E-state index contributed by atoms with van der Waals surface area (Å²) in [6.45, 7) is 10.4. The summed E-state index contributed by atoms with van der Waals surface area (Å²) in [4.78, 5) is 13.9. The Bertz CT molecular complexity index is 1120. The second kappa shape index (κ2) is 9.77. The maximum Gasteiger partial charge on any atom is 0.155 e. The molecule has 0 radical (unpaired) electrons. The predicted octanol–water partition coefficient (Wildman–Crippen LogP) is 3.44. The third-order valence-electron chi connectivity index (χ3n) is 5.13. The molecule has 4 rings (SSSR count). The Kier molecular flexibility index (Phi) is 6.44. The van der Waals surface area contributed by atoms with E-state index in [1.165, 1.54) is 0 Å². The SMILES string of the molecule is C=C(CCC1=NC(C2=CC=C=C=C2)=NC1)NCCCN=C1NNC(=C)c2ccccc21. The van der Waals surface area contributed by atoms with Gasteiger partial charge >= 0.3 is 0 Å². The van der Waals surface area contributed by atoms with E-state index in [4.69, 9.17) is 4.99 Å². The number of allylic oxidation sites excluding steroid dienone is 3. The van der Waals surface area contributed by atoms with Crippen molar-refractivity contribution < 1.29 is 0 Å². The third kappa shape index (κ3) is 5.20. The highest BCUT2D eigenvalue weighted by Gasteiger charge is 2.16. The Morgan fingerprint density at radius 3 is 2.90 bits per heavy atom. The van der Waals surface area contributed by atoms with Crippen LogP contribution in [-0.4, -0.2) is 37.0 Å². The Hall–Kier alpha value is -3.85. The highest BCUT2D eigenvalue weighted by atomic mass is 15.4. The molecule has 0 spiro atoms. The summed E-state index contributed by atoms with van der Waals surface area (Å²) in [5.41, 5.74) is 18.2. The molecule has 31 heavy (non-hydrogen) atoms. The zero-order valence-electron chi connectivity index (χ0n) is 17.5. The standard InChI is InChI=1S/C25H26N6/c1-18(13-14-21-17-28-24(29-21)20-9-4-3-5-10-20)26-15-8-16-27-25-23-12-7-6-11-22(23)19(2)30-31-25/h4,6-7,9-12,26,30H,1-2,8,13-17H2,(H,27,31). The molecule has 2 heterocycles. The number of nitrogens with one attached hydrogen (secondary N) is 3. The molecule has 0 bridgehead atoms. The topological polar surface area (TPSA) is 73.2 Å². The van der Waals surface area contributed by atoms with Gasteiger partial charge in [0.2, 0.25) is 0 Å². The molecule has 0 saturated carbocycles. The summed E-state index contributed by atoms with van der Waals surface area (Å²) >= 11 is 0. The molecule has 1 aromatic rings. The van der Waals surface area contributed by atoms with Gasteiger partial charge in [-0.05, 0) is 37.5 Å². The first-order valence-corrected chi connectivity index (χ1v) is 10.5. The maximum absolute atomic E-state index is 4.70. The molecule has 3 aliphatic rings. The van der Waals surface area contributed by atoms with Gasteiger partial charge in [-0.3, -0.25) is 20.8 Å². The summed E-state index contributed by atoms with van der Waals surface area (Å²) in [5, 5.41) is 3.40. The molecule has 0 atom stereocenters. The van der Waals surface area contributed by atoms with Gasteiger partial charge in [0.15, 0.2) is 5.84 Å². The van der Waals surface area contributed by atoms with E-state index < -0.39 is 0 Å². The Labute approximate surface area is 183 Å². The van der Waals surface area contributed by atoms with Gasteiger partial charge in [0.1, 0.15) is 5.84 Å². The fourth-order valence-electron chi connectivity index (χ4n) is 3.43. The molecule has 0 amide bonds. The molecule has 6 nitrogen and oxygen atoms in total. The van der Waals surface area contributed by atoms with E-state index in [1.54, 1.807) is 0 Å². The minimum atomic E-state index is 0.660. The average molecular weight is 411 g/mol. The monoisotopic (exact) mass is 410 g/mol. The highest BCUT2D eigenvalue weighted by Crippen LogP contribution is 2.18. The highest BCUT2D eigenvalue weighted by molar-refractivity contribution is 6.12. The quantitative estimate of drug-likeness (QED) is 0.431. The third-order valence-corrected chi connectivity index (χ3v) is 5.13. The van der Waals surface area contributed by atoms with Crippen LogP contribution in [0.25, 0.3) is 5.70 Å². The molecular formula is C25H26N6. The summed E-state index contributed by atoms with van der Waals surface area (Å²) in [7, 11) is 0. The van der Waals surface area contributed by atoms with Crippen molar-refractivity contribution in [1.82, 2.24) is 16.2 Å². The van der Waals surface area contributed by atoms with Gasteiger partial charge in [0, 0.05) is 41.2 Å². The average Bonchev–Trinajstić information content (AvgIpc) is 3.29. The number of hydrogen-bond donors (Lipinski definition) is 3. The fourth-order valence-corrected chi connectivity index (χ4v) is 3.43.